The first-order chi connectivity index (χ1) is 16.5. The molecule has 15 nitrogen and oxygen atoms in total. The van der Waals surface area contributed by atoms with Crippen molar-refractivity contribution in [2.24, 2.45) is 22.9 Å². The number of hydrogen-bond donors (Lipinski definition) is 10. The van der Waals surface area contributed by atoms with Crippen LogP contribution in [-0.2, 0) is 23.7 Å². The average Bonchev–Trinajstić information content (AvgIpc) is 3.16. The molecule has 4 aliphatic heterocycles. The highest BCUT2D eigenvalue weighted by molar-refractivity contribution is 5.05. The van der Waals surface area contributed by atoms with Crippen LogP contribution in [0.15, 0.2) is 0 Å². The molecule has 0 aromatic rings. The molecule has 1 spiro atoms. The van der Waals surface area contributed by atoms with Crippen molar-refractivity contribution in [2.75, 3.05) is 6.61 Å². The third-order valence-electron chi connectivity index (χ3n) is 7.77. The van der Waals surface area contributed by atoms with Gasteiger partial charge in [-0.1, -0.05) is 0 Å². The van der Waals surface area contributed by atoms with Gasteiger partial charge in [0, 0.05) is 18.5 Å². The third-order valence-corrected chi connectivity index (χ3v) is 7.77. The van der Waals surface area contributed by atoms with Crippen molar-refractivity contribution in [3.05, 3.63) is 0 Å². The van der Waals surface area contributed by atoms with E-state index in [-0.39, 0.29) is 19.3 Å². The second kappa shape index (κ2) is 9.61. The molecule has 0 aromatic carbocycles. The number of hydrogen-bond acceptors (Lipinski definition) is 15. The van der Waals surface area contributed by atoms with E-state index in [1.54, 1.807) is 0 Å². The smallest absolute Gasteiger partial charge is 0.233 e. The number of nitrogens with one attached hydrogen (secondary N) is 1. The maximum Gasteiger partial charge on any atom is 0.233 e. The van der Waals surface area contributed by atoms with E-state index in [0.717, 1.165) is 0 Å². The maximum atomic E-state index is 11.2. The molecule has 10 unspecified atom stereocenters. The van der Waals surface area contributed by atoms with Crippen LogP contribution in [0.2, 0.25) is 0 Å². The molecule has 1 saturated carbocycles. The van der Waals surface area contributed by atoms with E-state index in [1.165, 1.54) is 0 Å². The molecule has 5 rings (SSSR count). The minimum Gasteiger partial charge on any atom is -0.394 e. The molecule has 35 heavy (non-hydrogen) atoms. The summed E-state index contributed by atoms with van der Waals surface area (Å²) in [6.45, 7) is -0.430. The Morgan fingerprint density at radius 2 is 1.63 bits per heavy atom. The van der Waals surface area contributed by atoms with Crippen molar-refractivity contribution in [2.45, 2.75) is 117 Å². The maximum absolute atomic E-state index is 11.2. The Kier molecular flexibility index (Phi) is 7.15. The summed E-state index contributed by atoms with van der Waals surface area (Å²) in [4.78, 5) is 0. The third kappa shape index (κ3) is 4.52. The normalized spacial score (nSPS) is 58.7. The zero-order valence-electron chi connectivity index (χ0n) is 19.1. The standard InChI is InChI=1S/C20H37N5O10/c21-5-1-6(22)16(15(30)13(5)28)32-18-7(23)2-9-17(33-18)14(29)12-19(31-9)35-20(25-12)3-8(27)11(24)10(4-26)34-20/h5-19,25-30H,1-4,21-24H2/t5-,6?,7?,8?,9+,10?,11+,12?,13?,14?,15?,16-,17?,18+,19?,20+/m1/s1. The van der Waals surface area contributed by atoms with Gasteiger partial charge in [0.1, 0.15) is 30.5 Å². The Hall–Kier alpha value is -0.600. The SMILES string of the molecule is NC1C[C@@H]2OC3O[C@@]4(CC(O)[C@H](N)C(CO)O4)NC3C(O)C2O[C@@H]1O[C@@H]1C(N)C[C@@H](N)C(O)C1O. The topological polar surface area (TPSA) is 263 Å². The van der Waals surface area contributed by atoms with Crippen LogP contribution in [0.4, 0.5) is 0 Å². The predicted octanol–water partition coefficient (Wildman–Crippen LogP) is -6.21. The molecule has 0 radical (unpaired) electrons. The highest BCUT2D eigenvalue weighted by atomic mass is 16.8. The Morgan fingerprint density at radius 3 is 2.34 bits per heavy atom. The Morgan fingerprint density at radius 1 is 0.886 bits per heavy atom. The molecule has 5 fully saturated rings. The zero-order chi connectivity index (χ0) is 25.2. The Labute approximate surface area is 201 Å². The van der Waals surface area contributed by atoms with Crippen molar-refractivity contribution in [1.82, 2.24) is 5.32 Å². The van der Waals surface area contributed by atoms with Gasteiger partial charge >= 0.3 is 0 Å². The lowest BCUT2D eigenvalue weighted by molar-refractivity contribution is -0.356. The first-order valence-corrected chi connectivity index (χ1v) is 12.0. The second-order valence-corrected chi connectivity index (χ2v) is 10.3. The average molecular weight is 508 g/mol. The molecule has 0 bridgehead atoms. The molecule has 202 valence electrons. The summed E-state index contributed by atoms with van der Waals surface area (Å²) in [5.74, 6) is -1.52. The van der Waals surface area contributed by atoms with Gasteiger partial charge in [-0.2, -0.15) is 0 Å². The molecule has 0 aromatic heterocycles. The number of aliphatic hydroxyl groups excluding tert-OH is 5. The van der Waals surface area contributed by atoms with Crippen LogP contribution in [0.3, 0.4) is 0 Å². The van der Waals surface area contributed by atoms with Crippen LogP contribution in [-0.4, -0.2) is 130 Å². The first kappa shape index (κ1) is 26.0. The van der Waals surface area contributed by atoms with Gasteiger partial charge in [-0.05, 0) is 12.8 Å². The van der Waals surface area contributed by atoms with Gasteiger partial charge in [0.25, 0.3) is 0 Å². The lowest BCUT2D eigenvalue weighted by Crippen LogP contribution is -2.68. The Bertz CT molecular complexity index is 772. The van der Waals surface area contributed by atoms with Crippen molar-refractivity contribution >= 4 is 0 Å². The van der Waals surface area contributed by atoms with Gasteiger partial charge in [0.15, 0.2) is 12.6 Å². The van der Waals surface area contributed by atoms with Gasteiger partial charge in [-0.3, -0.25) is 5.32 Å². The minimum absolute atomic E-state index is 0.0445. The summed E-state index contributed by atoms with van der Waals surface area (Å²) in [5.41, 5.74) is 24.1. The predicted molar refractivity (Wildman–Crippen MR) is 115 cm³/mol. The van der Waals surface area contributed by atoms with Gasteiger partial charge in [-0.25, -0.2) is 0 Å². The summed E-state index contributed by atoms with van der Waals surface area (Å²) < 4.78 is 29.7. The highest BCUT2D eigenvalue weighted by Crippen LogP contribution is 2.41. The molecule has 16 atom stereocenters. The van der Waals surface area contributed by atoms with Gasteiger partial charge in [-0.15, -0.1) is 0 Å². The van der Waals surface area contributed by atoms with Crippen molar-refractivity contribution in [1.29, 1.82) is 0 Å². The number of aliphatic hydroxyl groups is 5. The molecule has 5 aliphatic rings. The fraction of sp³-hybridized carbons (Fsp3) is 1.00. The molecule has 1 aliphatic carbocycles. The van der Waals surface area contributed by atoms with Crippen LogP contribution >= 0.6 is 0 Å². The Balaban J connectivity index is 1.28. The van der Waals surface area contributed by atoms with E-state index >= 15 is 0 Å². The fourth-order valence-corrected chi connectivity index (χ4v) is 5.76. The number of nitrogens with two attached hydrogens (primary N) is 4. The van der Waals surface area contributed by atoms with Gasteiger partial charge in [0.2, 0.25) is 5.91 Å². The summed E-state index contributed by atoms with van der Waals surface area (Å²) in [5, 5.41) is 54.7. The fourth-order valence-electron chi connectivity index (χ4n) is 5.76. The van der Waals surface area contributed by atoms with Crippen LogP contribution in [0, 0.1) is 0 Å². The second-order valence-electron chi connectivity index (χ2n) is 10.3. The summed E-state index contributed by atoms with van der Waals surface area (Å²) in [7, 11) is 0. The van der Waals surface area contributed by atoms with Gasteiger partial charge < -0.3 is 72.2 Å². The largest absolute Gasteiger partial charge is 0.394 e. The molecule has 15 heteroatoms. The summed E-state index contributed by atoms with van der Waals surface area (Å²) in [6.07, 6.45) is -9.65. The number of ether oxygens (including phenoxy) is 5. The lowest BCUT2D eigenvalue weighted by atomic mass is 9.84. The number of fused-ring (bicyclic) bond motifs is 2. The van der Waals surface area contributed by atoms with E-state index in [4.69, 9.17) is 46.6 Å². The first-order valence-electron chi connectivity index (χ1n) is 12.0. The molecule has 14 N–H and O–H groups in total. The van der Waals surface area contributed by atoms with E-state index in [2.05, 4.69) is 5.32 Å². The van der Waals surface area contributed by atoms with E-state index in [9.17, 15) is 25.5 Å². The highest BCUT2D eigenvalue weighted by Gasteiger charge is 2.61. The minimum atomic E-state index is -1.52. The van der Waals surface area contributed by atoms with Crippen LogP contribution in [0.5, 0.6) is 0 Å². The van der Waals surface area contributed by atoms with E-state index < -0.39 is 104 Å². The summed E-state index contributed by atoms with van der Waals surface area (Å²) >= 11 is 0. The summed E-state index contributed by atoms with van der Waals surface area (Å²) in [6, 6.07) is -3.63. The van der Waals surface area contributed by atoms with Crippen molar-refractivity contribution in [3.8, 4) is 0 Å². The van der Waals surface area contributed by atoms with Crippen molar-refractivity contribution in [3.63, 3.8) is 0 Å². The lowest BCUT2D eigenvalue weighted by Gasteiger charge is -2.49. The van der Waals surface area contributed by atoms with Crippen LogP contribution in [0.1, 0.15) is 19.3 Å². The van der Waals surface area contributed by atoms with Crippen LogP contribution < -0.4 is 28.3 Å². The molecule has 4 saturated heterocycles. The molecule has 4 heterocycles. The quantitative estimate of drug-likeness (QED) is 0.170. The monoisotopic (exact) mass is 507 g/mol. The molecular weight excluding hydrogens is 470 g/mol. The molecular formula is C20H37N5O10. The molecule has 0 amide bonds. The van der Waals surface area contributed by atoms with E-state index in [0.29, 0.717) is 0 Å². The van der Waals surface area contributed by atoms with Gasteiger partial charge in [0.05, 0.1) is 43.0 Å². The van der Waals surface area contributed by atoms with Crippen LogP contribution in [0.25, 0.3) is 0 Å². The van der Waals surface area contributed by atoms with Crippen molar-refractivity contribution < 1.29 is 49.2 Å². The zero-order valence-corrected chi connectivity index (χ0v) is 19.1. The van der Waals surface area contributed by atoms with E-state index in [1.807, 2.05) is 0 Å². The number of rotatable bonds is 3.